The number of esters is 2. The molecular weight excluding hydrogens is 250 g/mol. The topological polar surface area (TPSA) is 81.7 Å². The molecule has 0 saturated carbocycles. The van der Waals surface area contributed by atoms with Crippen LogP contribution in [0.2, 0.25) is 0 Å². The van der Waals surface area contributed by atoms with Crippen LogP contribution in [0.3, 0.4) is 0 Å². The van der Waals surface area contributed by atoms with Gasteiger partial charge in [0.1, 0.15) is 0 Å². The first-order valence-corrected chi connectivity index (χ1v) is 5.81. The number of anilines is 1. The van der Waals surface area contributed by atoms with Gasteiger partial charge in [0, 0.05) is 19.0 Å². The van der Waals surface area contributed by atoms with Gasteiger partial charge in [-0.3, -0.25) is 4.79 Å². The summed E-state index contributed by atoms with van der Waals surface area (Å²) in [4.78, 5) is 33.8. The molecule has 100 valence electrons. The molecule has 0 aromatic heterocycles. The maximum atomic E-state index is 11.8. The molecule has 1 aromatic rings. The summed E-state index contributed by atoms with van der Waals surface area (Å²) in [6, 6.07) is 6.22. The van der Waals surface area contributed by atoms with E-state index in [0.717, 1.165) is 0 Å². The van der Waals surface area contributed by atoms with E-state index in [9.17, 15) is 14.4 Å². The summed E-state index contributed by atoms with van der Waals surface area (Å²) in [5.74, 6) is -1.29. The normalized spacial score (nSPS) is 17.7. The second-order valence-corrected chi connectivity index (χ2v) is 4.11. The Balaban J connectivity index is 1.99. The molecule has 1 aliphatic heterocycles. The van der Waals surface area contributed by atoms with Gasteiger partial charge in [0.15, 0.2) is 0 Å². The second kappa shape index (κ2) is 5.51. The molecule has 6 heteroatoms. The van der Waals surface area contributed by atoms with Crippen LogP contribution < -0.4 is 5.32 Å². The third-order valence-corrected chi connectivity index (χ3v) is 2.58. The lowest BCUT2D eigenvalue weighted by molar-refractivity contribution is -0.145. The van der Waals surface area contributed by atoms with Crippen molar-refractivity contribution in [1.82, 2.24) is 0 Å². The zero-order valence-electron chi connectivity index (χ0n) is 10.3. The maximum absolute atomic E-state index is 11.8. The first kappa shape index (κ1) is 13.1. The highest BCUT2D eigenvalue weighted by atomic mass is 16.6. The summed E-state index contributed by atoms with van der Waals surface area (Å²) in [5.41, 5.74) is 0.901. The lowest BCUT2D eigenvalue weighted by Gasteiger charge is -2.08. The van der Waals surface area contributed by atoms with Gasteiger partial charge in [-0.05, 0) is 24.3 Å². The van der Waals surface area contributed by atoms with E-state index in [1.807, 2.05) is 0 Å². The molecule has 1 atom stereocenters. The molecule has 2 rings (SSSR count). The Hall–Kier alpha value is -2.37. The molecular formula is C13H13NO5. The first-order chi connectivity index (χ1) is 9.06. The number of ether oxygens (including phenoxy) is 2. The molecule has 1 saturated heterocycles. The minimum atomic E-state index is -0.817. The summed E-state index contributed by atoms with van der Waals surface area (Å²) in [5, 5.41) is 2.59. The highest BCUT2D eigenvalue weighted by Gasteiger charge is 2.30. The fraction of sp³-hybridized carbons (Fsp3) is 0.308. The van der Waals surface area contributed by atoms with Crippen LogP contribution in [0.25, 0.3) is 0 Å². The summed E-state index contributed by atoms with van der Waals surface area (Å²) in [7, 11) is 0. The summed E-state index contributed by atoms with van der Waals surface area (Å²) >= 11 is 0. The van der Waals surface area contributed by atoms with E-state index >= 15 is 0 Å². The van der Waals surface area contributed by atoms with Gasteiger partial charge >= 0.3 is 11.9 Å². The van der Waals surface area contributed by atoms with E-state index in [-0.39, 0.29) is 12.5 Å². The number of benzene rings is 1. The second-order valence-electron chi connectivity index (χ2n) is 4.11. The third-order valence-electron chi connectivity index (χ3n) is 2.58. The van der Waals surface area contributed by atoms with Crippen LogP contribution in [-0.2, 0) is 19.1 Å². The molecule has 0 unspecified atom stereocenters. The van der Waals surface area contributed by atoms with Crippen LogP contribution in [0.5, 0.6) is 0 Å². The molecule has 0 radical (unpaired) electrons. The van der Waals surface area contributed by atoms with Crippen molar-refractivity contribution in [1.29, 1.82) is 0 Å². The van der Waals surface area contributed by atoms with Crippen LogP contribution in [0, 0.1) is 0 Å². The van der Waals surface area contributed by atoms with Crippen LogP contribution in [0.15, 0.2) is 24.3 Å². The quantitative estimate of drug-likeness (QED) is 0.826. The predicted octanol–water partition coefficient (Wildman–Crippen LogP) is 1.12. The molecule has 19 heavy (non-hydrogen) atoms. The number of hydrogen-bond donors (Lipinski definition) is 1. The van der Waals surface area contributed by atoms with Crippen molar-refractivity contribution in [3.05, 3.63) is 29.8 Å². The van der Waals surface area contributed by atoms with Crippen molar-refractivity contribution in [2.45, 2.75) is 19.4 Å². The fourth-order valence-corrected chi connectivity index (χ4v) is 1.67. The number of carbonyl (C=O) groups excluding carboxylic acids is 3. The van der Waals surface area contributed by atoms with Crippen molar-refractivity contribution >= 4 is 23.5 Å². The van der Waals surface area contributed by atoms with Crippen LogP contribution in [-0.4, -0.2) is 30.6 Å². The van der Waals surface area contributed by atoms with Gasteiger partial charge in [0.25, 0.3) is 0 Å². The summed E-state index contributed by atoms with van der Waals surface area (Å²) in [6.45, 7) is 1.67. The number of cyclic esters (lactones) is 1. The van der Waals surface area contributed by atoms with Crippen molar-refractivity contribution in [3.8, 4) is 0 Å². The van der Waals surface area contributed by atoms with Gasteiger partial charge in [-0.15, -0.1) is 0 Å². The Morgan fingerprint density at radius 3 is 2.53 bits per heavy atom. The predicted molar refractivity (Wildman–Crippen MR) is 65.5 cm³/mol. The number of carbonyl (C=O) groups is 3. The van der Waals surface area contributed by atoms with Gasteiger partial charge < -0.3 is 14.8 Å². The van der Waals surface area contributed by atoms with E-state index in [4.69, 9.17) is 9.47 Å². The molecule has 1 heterocycles. The molecule has 1 aliphatic rings. The van der Waals surface area contributed by atoms with Crippen molar-refractivity contribution in [3.63, 3.8) is 0 Å². The maximum Gasteiger partial charge on any atom is 0.347 e. The average molecular weight is 263 g/mol. The molecule has 1 N–H and O–H groups in total. The van der Waals surface area contributed by atoms with Gasteiger partial charge in [-0.1, -0.05) is 0 Å². The van der Waals surface area contributed by atoms with E-state index in [0.29, 0.717) is 17.7 Å². The molecule has 1 amide bonds. The number of hydrogen-bond acceptors (Lipinski definition) is 5. The van der Waals surface area contributed by atoms with Gasteiger partial charge in [-0.2, -0.15) is 0 Å². The first-order valence-electron chi connectivity index (χ1n) is 5.81. The Kier molecular flexibility index (Phi) is 3.79. The van der Waals surface area contributed by atoms with Gasteiger partial charge in [-0.25, -0.2) is 9.59 Å². The van der Waals surface area contributed by atoms with Gasteiger partial charge in [0.2, 0.25) is 12.0 Å². The Labute approximate surface area is 109 Å². The molecule has 1 aromatic carbocycles. The van der Waals surface area contributed by atoms with E-state index in [2.05, 4.69) is 5.32 Å². The minimum Gasteiger partial charge on any atom is -0.463 e. The van der Waals surface area contributed by atoms with Gasteiger partial charge in [0.05, 0.1) is 12.2 Å². The van der Waals surface area contributed by atoms with Crippen LogP contribution in [0.4, 0.5) is 5.69 Å². The molecule has 6 nitrogen and oxygen atoms in total. The molecule has 0 bridgehead atoms. The Bertz CT molecular complexity index is 508. The standard InChI is InChI=1S/C13H13NO5/c1-8(15)14-10-4-2-9(3-5-10)12(16)19-11-6-7-18-13(11)17/h2-5,11H,6-7H2,1H3,(H,14,15)/t11-/m1/s1. The zero-order valence-corrected chi connectivity index (χ0v) is 10.3. The van der Waals surface area contributed by atoms with Crippen molar-refractivity contribution in [2.75, 3.05) is 11.9 Å². The number of rotatable bonds is 3. The minimum absolute atomic E-state index is 0.191. The molecule has 0 spiro atoms. The van der Waals surface area contributed by atoms with Crippen LogP contribution in [0.1, 0.15) is 23.7 Å². The third kappa shape index (κ3) is 3.31. The number of amides is 1. The highest BCUT2D eigenvalue weighted by Crippen LogP contribution is 2.15. The van der Waals surface area contributed by atoms with E-state index in [1.54, 1.807) is 12.1 Å². The van der Waals surface area contributed by atoms with E-state index < -0.39 is 18.0 Å². The monoisotopic (exact) mass is 263 g/mol. The largest absolute Gasteiger partial charge is 0.463 e. The van der Waals surface area contributed by atoms with Crippen molar-refractivity contribution < 1.29 is 23.9 Å². The number of nitrogens with one attached hydrogen (secondary N) is 1. The van der Waals surface area contributed by atoms with Crippen molar-refractivity contribution in [2.24, 2.45) is 0 Å². The van der Waals surface area contributed by atoms with E-state index in [1.165, 1.54) is 19.1 Å². The Morgan fingerprint density at radius 1 is 1.32 bits per heavy atom. The van der Waals surface area contributed by atoms with Crippen LogP contribution >= 0.6 is 0 Å². The molecule has 0 aliphatic carbocycles. The fourth-order valence-electron chi connectivity index (χ4n) is 1.67. The average Bonchev–Trinajstić information content (AvgIpc) is 2.75. The summed E-state index contributed by atoms with van der Waals surface area (Å²) < 4.78 is 9.73. The summed E-state index contributed by atoms with van der Waals surface area (Å²) in [6.07, 6.45) is -0.434. The lowest BCUT2D eigenvalue weighted by atomic mass is 10.2. The lowest BCUT2D eigenvalue weighted by Crippen LogP contribution is -2.22. The smallest absolute Gasteiger partial charge is 0.347 e. The highest BCUT2D eigenvalue weighted by molar-refractivity contribution is 5.93. The Morgan fingerprint density at radius 2 is 2.00 bits per heavy atom. The SMILES string of the molecule is CC(=O)Nc1ccc(C(=O)O[C@@H]2CCOC2=O)cc1. The zero-order chi connectivity index (χ0) is 13.8. The molecule has 1 fully saturated rings.